The van der Waals surface area contributed by atoms with E-state index in [0.29, 0.717) is 11.4 Å². The molecule has 0 aromatic heterocycles. The molecule has 0 heterocycles. The number of hydrogen-bond donors (Lipinski definition) is 2. The third kappa shape index (κ3) is 3.56. The van der Waals surface area contributed by atoms with E-state index in [9.17, 15) is 14.7 Å². The largest absolute Gasteiger partial charge is 0.480 e. The van der Waals surface area contributed by atoms with Crippen LogP contribution >= 0.6 is 11.6 Å². The van der Waals surface area contributed by atoms with Gasteiger partial charge in [-0.15, -0.1) is 0 Å². The van der Waals surface area contributed by atoms with Gasteiger partial charge < -0.3 is 10.4 Å². The van der Waals surface area contributed by atoms with Crippen LogP contribution in [0.3, 0.4) is 0 Å². The first-order valence-corrected chi connectivity index (χ1v) is 7.61. The number of aliphatic carboxylic acids is 1. The van der Waals surface area contributed by atoms with Crippen LogP contribution in [0.15, 0.2) is 24.3 Å². The molecule has 0 radical (unpaired) electrons. The van der Waals surface area contributed by atoms with E-state index in [2.05, 4.69) is 5.32 Å². The van der Waals surface area contributed by atoms with Gasteiger partial charge in [-0.1, -0.05) is 50.1 Å². The molecule has 1 saturated carbocycles. The molecule has 4 unspecified atom stereocenters. The van der Waals surface area contributed by atoms with E-state index in [0.717, 1.165) is 12.0 Å². The van der Waals surface area contributed by atoms with Gasteiger partial charge in [-0.25, -0.2) is 4.79 Å². The molecule has 0 spiro atoms. The molecule has 4 nitrogen and oxygen atoms in total. The summed E-state index contributed by atoms with van der Waals surface area (Å²) in [5.74, 6) is -1.33. The van der Waals surface area contributed by atoms with Crippen LogP contribution in [0.2, 0.25) is 5.02 Å². The molecule has 1 aromatic carbocycles. The topological polar surface area (TPSA) is 66.4 Å². The molecule has 0 aliphatic heterocycles. The molecule has 4 atom stereocenters. The molecule has 0 saturated heterocycles. The Morgan fingerprint density at radius 3 is 2.67 bits per heavy atom. The number of hydrogen-bond acceptors (Lipinski definition) is 2. The van der Waals surface area contributed by atoms with Crippen LogP contribution in [0.1, 0.15) is 38.2 Å². The van der Waals surface area contributed by atoms with Gasteiger partial charge in [0.15, 0.2) is 0 Å². The van der Waals surface area contributed by atoms with Crippen LogP contribution < -0.4 is 5.32 Å². The van der Waals surface area contributed by atoms with Gasteiger partial charge in [-0.05, 0) is 29.9 Å². The number of amides is 1. The minimum atomic E-state index is -0.979. The lowest BCUT2D eigenvalue weighted by Crippen LogP contribution is -2.45. The van der Waals surface area contributed by atoms with E-state index in [1.165, 1.54) is 0 Å². The highest BCUT2D eigenvalue weighted by Crippen LogP contribution is 2.49. The Morgan fingerprint density at radius 1 is 1.43 bits per heavy atom. The number of nitrogens with one attached hydrogen (secondary N) is 1. The summed E-state index contributed by atoms with van der Waals surface area (Å²) in [7, 11) is 0. The fourth-order valence-electron chi connectivity index (χ4n) is 2.55. The lowest BCUT2D eigenvalue weighted by Gasteiger charge is -2.20. The normalized spacial score (nSPS) is 23.2. The second-order valence-corrected chi connectivity index (χ2v) is 6.09. The lowest BCUT2D eigenvalue weighted by molar-refractivity contribution is -0.143. The van der Waals surface area contributed by atoms with Crippen LogP contribution in [0.25, 0.3) is 0 Å². The molecule has 5 heteroatoms. The molecule has 2 rings (SSSR count). The van der Waals surface area contributed by atoms with E-state index < -0.39 is 12.0 Å². The Balaban J connectivity index is 2.00. The second kappa shape index (κ2) is 6.48. The Bertz CT molecular complexity index is 546. The maximum Gasteiger partial charge on any atom is 0.326 e. The second-order valence-electron chi connectivity index (χ2n) is 5.68. The quantitative estimate of drug-likeness (QED) is 0.848. The van der Waals surface area contributed by atoms with E-state index in [-0.39, 0.29) is 23.7 Å². The Kier molecular flexibility index (Phi) is 4.88. The van der Waals surface area contributed by atoms with Crippen molar-refractivity contribution in [2.75, 3.05) is 0 Å². The first kappa shape index (κ1) is 15.8. The molecule has 21 heavy (non-hydrogen) atoms. The summed E-state index contributed by atoms with van der Waals surface area (Å²) in [4.78, 5) is 23.5. The van der Waals surface area contributed by atoms with Crippen molar-refractivity contribution in [3.05, 3.63) is 34.9 Å². The molecule has 1 amide bonds. The van der Waals surface area contributed by atoms with E-state index in [1.54, 1.807) is 0 Å². The summed E-state index contributed by atoms with van der Waals surface area (Å²) >= 11 is 6.13. The van der Waals surface area contributed by atoms with Crippen LogP contribution in [-0.4, -0.2) is 23.0 Å². The molecular weight excluding hydrogens is 290 g/mol. The standard InChI is InChI=1S/C16H20ClNO3/c1-3-9(2)14(16(20)21)18-15(19)12-8-11(12)10-6-4-5-7-13(10)17/h4-7,9,11-12,14H,3,8H2,1-2H3,(H,18,19)(H,20,21). The van der Waals surface area contributed by atoms with Gasteiger partial charge in [-0.2, -0.15) is 0 Å². The van der Waals surface area contributed by atoms with Gasteiger partial charge >= 0.3 is 5.97 Å². The summed E-state index contributed by atoms with van der Waals surface area (Å²) in [5, 5.41) is 12.5. The summed E-state index contributed by atoms with van der Waals surface area (Å²) in [5.41, 5.74) is 0.967. The predicted molar refractivity (Wildman–Crippen MR) is 81.3 cm³/mol. The molecule has 114 valence electrons. The smallest absolute Gasteiger partial charge is 0.326 e. The fraction of sp³-hybridized carbons (Fsp3) is 0.500. The highest BCUT2D eigenvalue weighted by atomic mass is 35.5. The molecule has 2 N–H and O–H groups in total. The highest BCUT2D eigenvalue weighted by molar-refractivity contribution is 6.31. The van der Waals surface area contributed by atoms with Crippen molar-refractivity contribution < 1.29 is 14.7 Å². The summed E-state index contributed by atoms with van der Waals surface area (Å²) in [6, 6.07) is 6.66. The average Bonchev–Trinajstić information content (AvgIpc) is 3.24. The maximum atomic E-state index is 12.2. The third-order valence-electron chi connectivity index (χ3n) is 4.21. The van der Waals surface area contributed by atoms with Crippen molar-refractivity contribution in [3.8, 4) is 0 Å². The monoisotopic (exact) mass is 309 g/mol. The van der Waals surface area contributed by atoms with Gasteiger partial charge in [0.25, 0.3) is 0 Å². The van der Waals surface area contributed by atoms with Gasteiger partial charge in [-0.3, -0.25) is 4.79 Å². The number of carbonyl (C=O) groups excluding carboxylic acids is 1. The van der Waals surface area contributed by atoms with Crippen LogP contribution in [0.4, 0.5) is 0 Å². The molecule has 1 fully saturated rings. The predicted octanol–water partition coefficient (Wildman–Crippen LogP) is 3.06. The van der Waals surface area contributed by atoms with Crippen molar-refractivity contribution in [3.63, 3.8) is 0 Å². The Morgan fingerprint density at radius 2 is 2.10 bits per heavy atom. The first-order valence-electron chi connectivity index (χ1n) is 7.23. The molecule has 1 aromatic rings. The molecule has 1 aliphatic rings. The number of benzene rings is 1. The van der Waals surface area contributed by atoms with Crippen LogP contribution in [0.5, 0.6) is 0 Å². The summed E-state index contributed by atoms with van der Waals surface area (Å²) in [6.07, 6.45) is 1.43. The average molecular weight is 310 g/mol. The third-order valence-corrected chi connectivity index (χ3v) is 4.55. The maximum absolute atomic E-state index is 12.2. The number of halogens is 1. The summed E-state index contributed by atoms with van der Waals surface area (Å²) in [6.45, 7) is 3.74. The minimum absolute atomic E-state index is 0.0936. The van der Waals surface area contributed by atoms with Gasteiger partial charge in [0.05, 0.1) is 0 Å². The number of carboxylic acid groups (broad SMARTS) is 1. The number of carboxylic acids is 1. The van der Waals surface area contributed by atoms with E-state index in [1.807, 2.05) is 38.1 Å². The SMILES string of the molecule is CCC(C)C(NC(=O)C1CC1c1ccccc1Cl)C(=O)O. The molecule has 0 bridgehead atoms. The van der Waals surface area contributed by atoms with Crippen LogP contribution in [-0.2, 0) is 9.59 Å². The molecular formula is C16H20ClNO3. The number of carbonyl (C=O) groups is 2. The zero-order valence-corrected chi connectivity index (χ0v) is 12.9. The van der Waals surface area contributed by atoms with Crippen molar-refractivity contribution >= 4 is 23.5 Å². The van der Waals surface area contributed by atoms with Gasteiger partial charge in [0, 0.05) is 10.9 Å². The van der Waals surface area contributed by atoms with Crippen molar-refractivity contribution in [1.82, 2.24) is 5.32 Å². The molecule has 1 aliphatic carbocycles. The van der Waals surface area contributed by atoms with E-state index >= 15 is 0 Å². The van der Waals surface area contributed by atoms with Gasteiger partial charge in [0.2, 0.25) is 5.91 Å². The van der Waals surface area contributed by atoms with Crippen molar-refractivity contribution in [1.29, 1.82) is 0 Å². The van der Waals surface area contributed by atoms with Crippen LogP contribution in [0, 0.1) is 11.8 Å². The summed E-state index contributed by atoms with van der Waals surface area (Å²) < 4.78 is 0. The number of rotatable bonds is 6. The van der Waals surface area contributed by atoms with Crippen molar-refractivity contribution in [2.45, 2.75) is 38.6 Å². The van der Waals surface area contributed by atoms with E-state index in [4.69, 9.17) is 11.6 Å². The lowest BCUT2D eigenvalue weighted by atomic mass is 9.99. The Labute approximate surface area is 129 Å². The van der Waals surface area contributed by atoms with Gasteiger partial charge in [0.1, 0.15) is 6.04 Å². The minimum Gasteiger partial charge on any atom is -0.480 e. The highest BCUT2D eigenvalue weighted by Gasteiger charge is 2.45. The Hall–Kier alpha value is -1.55. The zero-order chi connectivity index (χ0) is 15.6. The van der Waals surface area contributed by atoms with Crippen molar-refractivity contribution in [2.24, 2.45) is 11.8 Å². The zero-order valence-electron chi connectivity index (χ0n) is 12.2. The fourth-order valence-corrected chi connectivity index (χ4v) is 2.82. The first-order chi connectivity index (χ1) is 9.95.